The summed E-state index contributed by atoms with van der Waals surface area (Å²) in [4.78, 5) is 34.9. The first-order chi connectivity index (χ1) is 12.3. The summed E-state index contributed by atoms with van der Waals surface area (Å²) < 4.78 is 10.7. The van der Waals surface area contributed by atoms with Gasteiger partial charge in [0, 0.05) is 17.5 Å². The Morgan fingerprint density at radius 1 is 1.35 bits per heavy atom. The zero-order valence-electron chi connectivity index (χ0n) is 14.8. The molecule has 0 aliphatic carbocycles. The van der Waals surface area contributed by atoms with Gasteiger partial charge in [-0.05, 0) is 50.0 Å². The molecular weight excluding hydrogens is 358 g/mol. The van der Waals surface area contributed by atoms with Gasteiger partial charge in [0.25, 0.3) is 5.91 Å². The van der Waals surface area contributed by atoms with E-state index in [1.54, 1.807) is 19.1 Å². The summed E-state index contributed by atoms with van der Waals surface area (Å²) in [6.07, 6.45) is 1.29. The number of hydrogen-bond acceptors (Lipinski definition) is 6. The highest BCUT2D eigenvalue weighted by atomic mass is 32.2. The highest BCUT2D eigenvalue weighted by molar-refractivity contribution is 7.98. The van der Waals surface area contributed by atoms with Crippen LogP contribution in [0.25, 0.3) is 11.0 Å². The molecule has 1 aromatic heterocycles. The van der Waals surface area contributed by atoms with E-state index in [9.17, 15) is 19.5 Å². The number of carboxylic acids is 1. The fourth-order valence-electron chi connectivity index (χ4n) is 2.42. The predicted octanol–water partition coefficient (Wildman–Crippen LogP) is 2.19. The number of ether oxygens (including phenoxy) is 1. The topological polar surface area (TPSA) is 106 Å². The van der Waals surface area contributed by atoms with Crippen molar-refractivity contribution in [2.45, 2.75) is 32.4 Å². The zero-order chi connectivity index (χ0) is 19.3. The van der Waals surface area contributed by atoms with Gasteiger partial charge in [-0.15, -0.1) is 0 Å². The minimum Gasteiger partial charge on any atom is -0.481 e. The molecule has 0 saturated carbocycles. The van der Waals surface area contributed by atoms with Crippen LogP contribution in [-0.2, 0) is 9.59 Å². The van der Waals surface area contributed by atoms with E-state index in [1.807, 2.05) is 6.26 Å². The molecule has 2 rings (SSSR count). The minimum atomic E-state index is -1.08. The lowest BCUT2D eigenvalue weighted by Crippen LogP contribution is -2.46. The number of hydrogen-bond donors (Lipinski definition) is 2. The maximum atomic E-state index is 12.2. The second-order valence-corrected chi connectivity index (χ2v) is 6.83. The smallest absolute Gasteiger partial charge is 0.336 e. The number of rotatable bonds is 8. The average molecular weight is 379 g/mol. The number of nitrogens with one attached hydrogen (secondary N) is 1. The Bertz CT molecular complexity index is 862. The van der Waals surface area contributed by atoms with E-state index in [0.717, 1.165) is 10.9 Å². The van der Waals surface area contributed by atoms with Crippen LogP contribution in [0.4, 0.5) is 0 Å². The molecule has 1 aromatic carbocycles. The average Bonchev–Trinajstić information content (AvgIpc) is 2.57. The molecule has 8 heteroatoms. The van der Waals surface area contributed by atoms with Crippen molar-refractivity contribution < 1.29 is 23.8 Å². The van der Waals surface area contributed by atoms with Crippen LogP contribution >= 0.6 is 11.8 Å². The Hall–Kier alpha value is -2.48. The van der Waals surface area contributed by atoms with Gasteiger partial charge in [-0.3, -0.25) is 4.79 Å². The van der Waals surface area contributed by atoms with Crippen molar-refractivity contribution in [1.82, 2.24) is 5.32 Å². The van der Waals surface area contributed by atoms with E-state index in [4.69, 9.17) is 9.15 Å². The Balaban J connectivity index is 2.09. The molecule has 1 amide bonds. The van der Waals surface area contributed by atoms with Gasteiger partial charge in [-0.2, -0.15) is 11.8 Å². The molecule has 140 valence electrons. The first-order valence-corrected chi connectivity index (χ1v) is 9.44. The third-order valence-electron chi connectivity index (χ3n) is 3.83. The van der Waals surface area contributed by atoms with Crippen molar-refractivity contribution in [2.75, 3.05) is 12.0 Å². The number of fused-ring (bicyclic) bond motifs is 1. The van der Waals surface area contributed by atoms with E-state index >= 15 is 0 Å². The molecular formula is C18H21NO6S. The van der Waals surface area contributed by atoms with Crippen molar-refractivity contribution in [2.24, 2.45) is 0 Å². The largest absolute Gasteiger partial charge is 0.481 e. The monoisotopic (exact) mass is 379 g/mol. The standard InChI is InChI=1S/C18H21NO6S/c1-10-8-16(20)25-15-9-12(4-5-13(10)15)24-11(2)17(21)19-14(18(22)23)6-7-26-3/h4-5,8-9,11,14H,6-7H2,1-3H3,(H,19,21)(H,22,23)/t11-,14+/m0/s1. The molecule has 26 heavy (non-hydrogen) atoms. The number of carboxylic acid groups (broad SMARTS) is 1. The minimum absolute atomic E-state index is 0.329. The lowest BCUT2D eigenvalue weighted by atomic mass is 10.1. The van der Waals surface area contributed by atoms with Gasteiger partial charge < -0.3 is 19.6 Å². The van der Waals surface area contributed by atoms with Gasteiger partial charge in [0.2, 0.25) is 0 Å². The molecule has 0 radical (unpaired) electrons. The van der Waals surface area contributed by atoms with Gasteiger partial charge in [-0.1, -0.05) is 0 Å². The first-order valence-electron chi connectivity index (χ1n) is 8.05. The number of carbonyl (C=O) groups is 2. The second kappa shape index (κ2) is 8.75. The van der Waals surface area contributed by atoms with E-state index in [0.29, 0.717) is 23.5 Å². The van der Waals surface area contributed by atoms with Crippen LogP contribution < -0.4 is 15.7 Å². The molecule has 2 N–H and O–H groups in total. The van der Waals surface area contributed by atoms with E-state index in [1.165, 1.54) is 30.8 Å². The van der Waals surface area contributed by atoms with E-state index in [-0.39, 0.29) is 0 Å². The van der Waals surface area contributed by atoms with Crippen LogP contribution in [0.1, 0.15) is 18.9 Å². The molecule has 1 heterocycles. The fourth-order valence-corrected chi connectivity index (χ4v) is 2.89. The third kappa shape index (κ3) is 5.01. The summed E-state index contributed by atoms with van der Waals surface area (Å²) in [5.41, 5.74) is 0.686. The van der Waals surface area contributed by atoms with Crippen LogP contribution in [0.15, 0.2) is 33.5 Å². The third-order valence-corrected chi connectivity index (χ3v) is 4.47. The first kappa shape index (κ1) is 19.8. The molecule has 0 spiro atoms. The Morgan fingerprint density at radius 2 is 2.08 bits per heavy atom. The molecule has 0 fully saturated rings. The van der Waals surface area contributed by atoms with Crippen LogP contribution in [0, 0.1) is 6.92 Å². The molecule has 0 bridgehead atoms. The molecule has 7 nitrogen and oxygen atoms in total. The van der Waals surface area contributed by atoms with Gasteiger partial charge in [0.1, 0.15) is 17.4 Å². The van der Waals surface area contributed by atoms with Crippen molar-refractivity contribution in [3.63, 3.8) is 0 Å². The predicted molar refractivity (Wildman–Crippen MR) is 99.9 cm³/mol. The highest BCUT2D eigenvalue weighted by Crippen LogP contribution is 2.23. The SMILES string of the molecule is CSCC[C@@H](NC(=O)[C@H](C)Oc1ccc2c(C)cc(=O)oc2c1)C(=O)O. The zero-order valence-corrected chi connectivity index (χ0v) is 15.6. The molecule has 0 aliphatic rings. The number of amides is 1. The van der Waals surface area contributed by atoms with Gasteiger partial charge >= 0.3 is 11.6 Å². The normalized spacial score (nSPS) is 13.2. The summed E-state index contributed by atoms with van der Waals surface area (Å²) in [5, 5.41) is 12.4. The summed E-state index contributed by atoms with van der Waals surface area (Å²) >= 11 is 1.51. The maximum Gasteiger partial charge on any atom is 0.336 e. The number of aliphatic carboxylic acids is 1. The van der Waals surface area contributed by atoms with Gasteiger partial charge in [-0.25, -0.2) is 9.59 Å². The Kier molecular flexibility index (Phi) is 6.68. The van der Waals surface area contributed by atoms with E-state index in [2.05, 4.69) is 5.32 Å². The number of carbonyl (C=O) groups excluding carboxylic acids is 1. The maximum absolute atomic E-state index is 12.2. The molecule has 2 aromatic rings. The van der Waals surface area contributed by atoms with Crippen LogP contribution in [0.3, 0.4) is 0 Å². The highest BCUT2D eigenvalue weighted by Gasteiger charge is 2.23. The Labute approximate surface area is 154 Å². The summed E-state index contributed by atoms with van der Waals surface area (Å²) in [6.45, 7) is 3.33. The number of thioether (sulfide) groups is 1. The number of benzene rings is 1. The van der Waals surface area contributed by atoms with Gasteiger partial charge in [0.05, 0.1) is 0 Å². The lowest BCUT2D eigenvalue weighted by Gasteiger charge is -2.18. The molecule has 0 aliphatic heterocycles. The second-order valence-electron chi connectivity index (χ2n) is 5.85. The van der Waals surface area contributed by atoms with Gasteiger partial charge in [0.15, 0.2) is 6.10 Å². The Morgan fingerprint density at radius 3 is 2.73 bits per heavy atom. The van der Waals surface area contributed by atoms with Crippen molar-refractivity contribution in [3.05, 3.63) is 40.2 Å². The van der Waals surface area contributed by atoms with Crippen molar-refractivity contribution in [3.8, 4) is 5.75 Å². The summed E-state index contributed by atoms with van der Waals surface area (Å²) in [6, 6.07) is 5.39. The quantitative estimate of drug-likeness (QED) is 0.677. The molecule has 2 atom stereocenters. The van der Waals surface area contributed by atoms with Crippen LogP contribution in [0.5, 0.6) is 5.75 Å². The summed E-state index contributed by atoms with van der Waals surface area (Å²) in [5.74, 6) is -0.632. The van der Waals surface area contributed by atoms with Crippen molar-refractivity contribution >= 4 is 34.6 Å². The van der Waals surface area contributed by atoms with Crippen molar-refractivity contribution in [1.29, 1.82) is 0 Å². The lowest BCUT2D eigenvalue weighted by molar-refractivity contribution is -0.142. The molecule has 0 unspecified atom stereocenters. The molecule has 0 saturated heterocycles. The van der Waals surface area contributed by atoms with E-state index < -0.39 is 29.6 Å². The fraction of sp³-hybridized carbons (Fsp3) is 0.389. The van der Waals surface area contributed by atoms with Crippen LogP contribution in [-0.4, -0.2) is 41.1 Å². The van der Waals surface area contributed by atoms with Crippen LogP contribution in [0.2, 0.25) is 0 Å². The summed E-state index contributed by atoms with van der Waals surface area (Å²) in [7, 11) is 0. The number of aryl methyl sites for hydroxylation is 1.